The second-order valence-electron chi connectivity index (χ2n) is 4.11. The molecule has 1 aromatic rings. The van der Waals surface area contributed by atoms with E-state index in [0.717, 1.165) is 20.0 Å². The maximum atomic E-state index is 14.2. The number of rotatable bonds is 6. The van der Waals surface area contributed by atoms with Crippen LogP contribution in [0.1, 0.15) is 41.3 Å². The number of hydrogen-bond donors (Lipinski definition) is 0. The summed E-state index contributed by atoms with van der Waals surface area (Å²) >= 11 is -2.41. The first-order valence-electron chi connectivity index (χ1n) is 5.95. The van der Waals surface area contributed by atoms with E-state index >= 15 is 0 Å². The first-order valence-corrected chi connectivity index (χ1v) is 7.20. The molecule has 0 bridgehead atoms. The maximum absolute atomic E-state index is 14.2. The highest BCUT2D eigenvalue weighted by molar-refractivity contribution is 7.78. The van der Waals surface area contributed by atoms with Gasteiger partial charge in [-0.15, -0.1) is 0 Å². The third kappa shape index (κ3) is 4.11. The number of hydrogen-bond acceptors (Lipinski definition) is 4. The normalized spacial score (nSPS) is 12.2. The second kappa shape index (κ2) is 7.35. The lowest BCUT2D eigenvalue weighted by molar-refractivity contribution is 0.0595. The summed E-state index contributed by atoms with van der Waals surface area (Å²) in [5, 5.41) is 0. The van der Waals surface area contributed by atoms with Crippen LogP contribution in [0.2, 0.25) is 0 Å². The molecule has 0 spiro atoms. The summed E-state index contributed by atoms with van der Waals surface area (Å²) in [6.45, 7) is 1.99. The predicted molar refractivity (Wildman–Crippen MR) is 69.0 cm³/mol. The van der Waals surface area contributed by atoms with Crippen LogP contribution in [0, 0.1) is 5.82 Å². The molecule has 0 amide bonds. The van der Waals surface area contributed by atoms with Crippen molar-refractivity contribution in [3.05, 3.63) is 34.6 Å². The number of aryl methyl sites for hydroxylation is 1. The van der Waals surface area contributed by atoms with Gasteiger partial charge in [0, 0.05) is 11.3 Å². The minimum Gasteiger partial charge on any atom is -0.772 e. The molecule has 106 valence electrons. The molecule has 1 atom stereocenters. The SMILES string of the molecule is CCCCc1ccc(C(=O)OC)c(F)c1CS(=O)[O-]. The molecule has 4 nitrogen and oxygen atoms in total. The quantitative estimate of drug-likeness (QED) is 0.595. The summed E-state index contributed by atoms with van der Waals surface area (Å²) in [6.07, 6.45) is 2.33. The van der Waals surface area contributed by atoms with Crippen LogP contribution in [0.25, 0.3) is 0 Å². The van der Waals surface area contributed by atoms with Crippen molar-refractivity contribution in [2.24, 2.45) is 0 Å². The van der Waals surface area contributed by atoms with E-state index in [-0.39, 0.29) is 11.1 Å². The highest BCUT2D eigenvalue weighted by atomic mass is 32.2. The van der Waals surface area contributed by atoms with Gasteiger partial charge in [-0.2, -0.15) is 0 Å². The Labute approximate surface area is 114 Å². The van der Waals surface area contributed by atoms with Crippen LogP contribution in [0.4, 0.5) is 4.39 Å². The van der Waals surface area contributed by atoms with Crippen LogP contribution in [-0.4, -0.2) is 21.8 Å². The smallest absolute Gasteiger partial charge is 0.340 e. The van der Waals surface area contributed by atoms with Crippen LogP contribution < -0.4 is 0 Å². The van der Waals surface area contributed by atoms with Crippen molar-refractivity contribution < 1.29 is 22.7 Å². The monoisotopic (exact) mass is 287 g/mol. The molecule has 1 unspecified atom stereocenters. The zero-order valence-corrected chi connectivity index (χ0v) is 11.7. The molecule has 0 saturated carbocycles. The Hall–Kier alpha value is -1.27. The molecule has 1 rings (SSSR count). The fourth-order valence-electron chi connectivity index (χ4n) is 1.80. The number of halogens is 1. The van der Waals surface area contributed by atoms with Gasteiger partial charge in [0.05, 0.1) is 12.7 Å². The van der Waals surface area contributed by atoms with E-state index in [0.29, 0.717) is 12.0 Å². The minimum absolute atomic E-state index is 0.0599. The molecule has 0 saturated heterocycles. The van der Waals surface area contributed by atoms with Crippen molar-refractivity contribution in [1.82, 2.24) is 0 Å². The summed E-state index contributed by atoms with van der Waals surface area (Å²) < 4.78 is 40.3. The van der Waals surface area contributed by atoms with Gasteiger partial charge in [0.25, 0.3) is 0 Å². The Kier molecular flexibility index (Phi) is 6.11. The highest BCUT2D eigenvalue weighted by Crippen LogP contribution is 2.22. The number of benzene rings is 1. The molecule has 0 aromatic heterocycles. The van der Waals surface area contributed by atoms with Crippen LogP contribution in [0.15, 0.2) is 12.1 Å². The molecule has 0 N–H and O–H groups in total. The van der Waals surface area contributed by atoms with Gasteiger partial charge in [-0.1, -0.05) is 30.5 Å². The van der Waals surface area contributed by atoms with E-state index in [1.165, 1.54) is 6.07 Å². The molecular formula is C13H16FO4S-. The third-order valence-electron chi connectivity index (χ3n) is 2.81. The summed E-state index contributed by atoms with van der Waals surface area (Å²) in [6, 6.07) is 2.93. The van der Waals surface area contributed by atoms with Crippen molar-refractivity contribution >= 4 is 17.0 Å². The van der Waals surface area contributed by atoms with E-state index in [4.69, 9.17) is 0 Å². The molecule has 1 aromatic carbocycles. The highest BCUT2D eigenvalue weighted by Gasteiger charge is 2.18. The Morgan fingerprint density at radius 2 is 2.16 bits per heavy atom. The molecular weight excluding hydrogens is 271 g/mol. The summed E-state index contributed by atoms with van der Waals surface area (Å²) in [4.78, 5) is 11.4. The van der Waals surface area contributed by atoms with Crippen LogP contribution in [-0.2, 0) is 28.0 Å². The molecule has 0 aliphatic rings. The fourth-order valence-corrected chi connectivity index (χ4v) is 2.35. The minimum atomic E-state index is -2.41. The summed E-state index contributed by atoms with van der Waals surface area (Å²) in [7, 11) is 1.15. The van der Waals surface area contributed by atoms with Crippen molar-refractivity contribution in [2.75, 3.05) is 7.11 Å². The molecule has 0 fully saturated rings. The van der Waals surface area contributed by atoms with Gasteiger partial charge >= 0.3 is 5.97 Å². The van der Waals surface area contributed by atoms with Gasteiger partial charge < -0.3 is 9.29 Å². The Morgan fingerprint density at radius 3 is 2.68 bits per heavy atom. The lowest BCUT2D eigenvalue weighted by Crippen LogP contribution is -2.10. The average molecular weight is 287 g/mol. The first-order chi connectivity index (χ1) is 9.01. The third-order valence-corrected chi connectivity index (χ3v) is 3.33. The van der Waals surface area contributed by atoms with Crippen LogP contribution in [0.5, 0.6) is 0 Å². The van der Waals surface area contributed by atoms with Crippen molar-refractivity contribution in [3.8, 4) is 0 Å². The second-order valence-corrected chi connectivity index (χ2v) is 5.00. The Balaban J connectivity index is 3.23. The summed E-state index contributed by atoms with van der Waals surface area (Å²) in [5.74, 6) is -2.04. The Bertz CT molecular complexity index is 488. The average Bonchev–Trinajstić information content (AvgIpc) is 2.38. The van der Waals surface area contributed by atoms with E-state index in [9.17, 15) is 17.9 Å². The van der Waals surface area contributed by atoms with E-state index in [1.54, 1.807) is 6.07 Å². The number of unbranched alkanes of at least 4 members (excludes halogenated alkanes) is 1. The van der Waals surface area contributed by atoms with Gasteiger partial charge in [-0.25, -0.2) is 9.18 Å². The molecule has 0 radical (unpaired) electrons. The lowest BCUT2D eigenvalue weighted by Gasteiger charge is -2.14. The molecule has 19 heavy (non-hydrogen) atoms. The fraction of sp³-hybridized carbons (Fsp3) is 0.462. The molecule has 6 heteroatoms. The van der Waals surface area contributed by atoms with Gasteiger partial charge in [0.15, 0.2) is 0 Å². The van der Waals surface area contributed by atoms with E-state index in [1.807, 2.05) is 6.92 Å². The van der Waals surface area contributed by atoms with Crippen molar-refractivity contribution in [3.63, 3.8) is 0 Å². The molecule has 0 aliphatic heterocycles. The molecule has 0 aliphatic carbocycles. The zero-order valence-electron chi connectivity index (χ0n) is 10.9. The standard InChI is InChI=1S/C13H17FO4S/c1-3-4-5-9-6-7-10(13(15)18-2)12(14)11(9)8-19(16)17/h6-7H,3-5,8H2,1-2H3,(H,16,17)/p-1. The van der Waals surface area contributed by atoms with Crippen molar-refractivity contribution in [1.29, 1.82) is 0 Å². The van der Waals surface area contributed by atoms with Gasteiger partial charge in [0.2, 0.25) is 0 Å². The number of carbonyl (C=O) groups excluding carboxylic acids is 1. The van der Waals surface area contributed by atoms with Gasteiger partial charge in [-0.05, 0) is 24.5 Å². The van der Waals surface area contributed by atoms with Gasteiger partial charge in [0.1, 0.15) is 5.82 Å². The lowest BCUT2D eigenvalue weighted by atomic mass is 9.99. The van der Waals surface area contributed by atoms with Crippen LogP contribution >= 0.6 is 0 Å². The first kappa shape index (κ1) is 15.8. The number of methoxy groups -OCH3 is 1. The number of esters is 1. The Morgan fingerprint density at radius 1 is 1.47 bits per heavy atom. The number of carbonyl (C=O) groups is 1. The topological polar surface area (TPSA) is 66.4 Å². The van der Waals surface area contributed by atoms with Crippen LogP contribution in [0.3, 0.4) is 0 Å². The van der Waals surface area contributed by atoms with E-state index < -0.39 is 28.6 Å². The zero-order chi connectivity index (χ0) is 14.4. The largest absolute Gasteiger partial charge is 0.772 e. The van der Waals surface area contributed by atoms with Crippen molar-refractivity contribution in [2.45, 2.75) is 31.9 Å². The van der Waals surface area contributed by atoms with E-state index in [2.05, 4.69) is 4.74 Å². The molecule has 0 heterocycles. The predicted octanol–water partition coefficient (Wildman–Crippen LogP) is 2.33. The van der Waals surface area contributed by atoms with Gasteiger partial charge in [-0.3, -0.25) is 4.21 Å². The maximum Gasteiger partial charge on any atom is 0.340 e. The summed E-state index contributed by atoms with van der Waals surface area (Å²) in [5.41, 5.74) is 0.448. The number of ether oxygens (including phenoxy) is 1.